The first kappa shape index (κ1) is 13.3. The zero-order valence-corrected chi connectivity index (χ0v) is 9.94. The second-order valence-electron chi connectivity index (χ2n) is 2.77. The van der Waals surface area contributed by atoms with Gasteiger partial charge in [0.25, 0.3) is 0 Å². The average molecular weight is 270 g/mol. The van der Waals surface area contributed by atoms with Crippen molar-refractivity contribution in [3.63, 3.8) is 0 Å². The summed E-state index contributed by atoms with van der Waals surface area (Å²) in [7, 11) is 0. The molecule has 0 heterocycles. The van der Waals surface area contributed by atoms with Gasteiger partial charge in [0.2, 0.25) is 0 Å². The van der Waals surface area contributed by atoms with E-state index in [1.807, 2.05) is 0 Å². The third-order valence-electron chi connectivity index (χ3n) is 1.54. The minimum Gasteiger partial charge on any atom is -0.480 e. The number of carboxylic acids is 1. The molecule has 0 aromatic heterocycles. The van der Waals surface area contributed by atoms with Gasteiger partial charge in [0.15, 0.2) is 0 Å². The number of thioether (sulfide) groups is 1. The summed E-state index contributed by atoms with van der Waals surface area (Å²) in [5.41, 5.74) is 5.33. The molecule has 0 unspecified atom stereocenters. The lowest BCUT2D eigenvalue weighted by atomic mass is 10.3. The van der Waals surface area contributed by atoms with Crippen LogP contribution in [0.15, 0.2) is 0 Å². The van der Waals surface area contributed by atoms with Gasteiger partial charge in [-0.2, -0.15) is 11.8 Å². The van der Waals surface area contributed by atoms with Gasteiger partial charge in [0.1, 0.15) is 6.04 Å². The van der Waals surface area contributed by atoms with Crippen molar-refractivity contribution in [1.29, 1.82) is 0 Å². The first-order chi connectivity index (χ1) is 6.18. The van der Waals surface area contributed by atoms with E-state index >= 15 is 0 Å². The van der Waals surface area contributed by atoms with Crippen LogP contribution in [0.2, 0.25) is 0 Å². The van der Waals surface area contributed by atoms with E-state index in [-0.39, 0.29) is 0 Å². The number of carbonyl (C=O) groups is 1. The third kappa shape index (κ3) is 8.59. The van der Waals surface area contributed by atoms with Crippen molar-refractivity contribution in [3.05, 3.63) is 0 Å². The number of hydrogen-bond acceptors (Lipinski definition) is 3. The molecule has 0 bridgehead atoms. The molecule has 0 aliphatic heterocycles. The first-order valence-electron chi connectivity index (χ1n) is 4.30. The Morgan fingerprint density at radius 2 is 2.15 bits per heavy atom. The summed E-state index contributed by atoms with van der Waals surface area (Å²) < 4.78 is 0. The minimum absolute atomic E-state index is 0.518. The molecule has 0 saturated carbocycles. The Morgan fingerprint density at radius 3 is 2.69 bits per heavy atom. The van der Waals surface area contributed by atoms with E-state index in [1.54, 1.807) is 11.8 Å². The summed E-state index contributed by atoms with van der Waals surface area (Å²) in [4.78, 5) is 10.3. The Labute approximate surface area is 91.6 Å². The highest BCUT2D eigenvalue weighted by molar-refractivity contribution is 9.09. The maximum absolute atomic E-state index is 10.3. The Bertz CT molecular complexity index is 146. The molecule has 0 aliphatic rings. The van der Waals surface area contributed by atoms with Gasteiger partial charge in [-0.15, -0.1) is 0 Å². The van der Waals surface area contributed by atoms with E-state index in [9.17, 15) is 4.79 Å². The average Bonchev–Trinajstić information content (AvgIpc) is 2.10. The van der Waals surface area contributed by atoms with Gasteiger partial charge in [-0.25, -0.2) is 0 Å². The van der Waals surface area contributed by atoms with Crippen LogP contribution in [0.5, 0.6) is 0 Å². The zero-order valence-electron chi connectivity index (χ0n) is 7.54. The standard InChI is InChI=1S/C8H16BrNO2S/c9-4-2-1-3-5-13-6-7(10)8(11)12/h7H,1-6,10H2,(H,11,12)/t7-/m0/s1. The van der Waals surface area contributed by atoms with Crippen LogP contribution in [0.3, 0.4) is 0 Å². The summed E-state index contributed by atoms with van der Waals surface area (Å²) in [5, 5.41) is 9.53. The molecule has 3 nitrogen and oxygen atoms in total. The number of carboxylic acid groups (broad SMARTS) is 1. The zero-order chi connectivity index (χ0) is 10.1. The van der Waals surface area contributed by atoms with Crippen LogP contribution in [0, 0.1) is 0 Å². The first-order valence-corrected chi connectivity index (χ1v) is 6.58. The normalized spacial score (nSPS) is 12.8. The third-order valence-corrected chi connectivity index (χ3v) is 3.27. The van der Waals surface area contributed by atoms with Crippen LogP contribution in [-0.2, 0) is 4.79 Å². The van der Waals surface area contributed by atoms with Gasteiger partial charge >= 0.3 is 5.97 Å². The summed E-state index contributed by atoms with van der Waals surface area (Å²) in [6.45, 7) is 0. The van der Waals surface area contributed by atoms with Crippen LogP contribution < -0.4 is 5.73 Å². The fourth-order valence-electron chi connectivity index (χ4n) is 0.757. The highest BCUT2D eigenvalue weighted by Crippen LogP contribution is 2.08. The van der Waals surface area contributed by atoms with E-state index in [2.05, 4.69) is 15.9 Å². The molecule has 0 aromatic rings. The highest BCUT2D eigenvalue weighted by Gasteiger charge is 2.09. The molecular weight excluding hydrogens is 254 g/mol. The number of unbranched alkanes of at least 4 members (excludes halogenated alkanes) is 2. The summed E-state index contributed by atoms with van der Waals surface area (Å²) in [6, 6.07) is -0.707. The molecule has 0 amide bonds. The number of nitrogens with two attached hydrogens (primary N) is 1. The Balaban J connectivity index is 3.11. The van der Waals surface area contributed by atoms with Gasteiger partial charge < -0.3 is 10.8 Å². The van der Waals surface area contributed by atoms with Crippen LogP contribution in [0.1, 0.15) is 19.3 Å². The maximum atomic E-state index is 10.3. The molecule has 0 aliphatic carbocycles. The van der Waals surface area contributed by atoms with E-state index in [0.29, 0.717) is 5.75 Å². The van der Waals surface area contributed by atoms with E-state index in [0.717, 1.165) is 17.5 Å². The van der Waals surface area contributed by atoms with Gasteiger partial charge in [-0.1, -0.05) is 22.4 Å². The predicted molar refractivity (Wildman–Crippen MR) is 60.6 cm³/mol. The molecule has 0 saturated heterocycles. The van der Waals surface area contributed by atoms with Crippen LogP contribution >= 0.6 is 27.7 Å². The second-order valence-corrected chi connectivity index (χ2v) is 4.71. The predicted octanol–water partition coefficient (Wildman–Crippen LogP) is 1.70. The number of alkyl halides is 1. The Hall–Kier alpha value is 0.260. The van der Waals surface area contributed by atoms with E-state index < -0.39 is 12.0 Å². The molecule has 5 heteroatoms. The molecule has 1 atom stereocenters. The van der Waals surface area contributed by atoms with Crippen molar-refractivity contribution in [3.8, 4) is 0 Å². The molecule has 0 radical (unpaired) electrons. The smallest absolute Gasteiger partial charge is 0.321 e. The number of rotatable bonds is 8. The Morgan fingerprint density at radius 1 is 1.46 bits per heavy atom. The quantitative estimate of drug-likeness (QED) is 0.520. The van der Waals surface area contributed by atoms with Crippen molar-refractivity contribution in [2.24, 2.45) is 5.73 Å². The van der Waals surface area contributed by atoms with Crippen molar-refractivity contribution < 1.29 is 9.90 Å². The molecule has 0 rings (SSSR count). The molecular formula is C8H16BrNO2S. The molecule has 13 heavy (non-hydrogen) atoms. The van der Waals surface area contributed by atoms with E-state index in [4.69, 9.17) is 10.8 Å². The lowest BCUT2D eigenvalue weighted by molar-refractivity contribution is -0.137. The maximum Gasteiger partial charge on any atom is 0.321 e. The van der Waals surface area contributed by atoms with Gasteiger partial charge in [0.05, 0.1) is 0 Å². The lowest BCUT2D eigenvalue weighted by Gasteiger charge is -2.05. The summed E-state index contributed by atoms with van der Waals surface area (Å²) in [6.07, 6.45) is 3.52. The molecule has 78 valence electrons. The van der Waals surface area contributed by atoms with Crippen LogP contribution in [-0.4, -0.2) is 34.0 Å². The topological polar surface area (TPSA) is 63.3 Å². The van der Waals surface area contributed by atoms with E-state index in [1.165, 1.54) is 12.8 Å². The number of hydrogen-bond donors (Lipinski definition) is 2. The van der Waals surface area contributed by atoms with Gasteiger partial charge in [-0.3, -0.25) is 4.79 Å². The SMILES string of the molecule is N[C@@H](CSCCCCCBr)C(=O)O. The number of halogens is 1. The Kier molecular flexibility index (Phi) is 9.02. The van der Waals surface area contributed by atoms with Gasteiger partial charge in [-0.05, 0) is 18.6 Å². The lowest BCUT2D eigenvalue weighted by Crippen LogP contribution is -2.32. The molecule has 0 fully saturated rings. The fourth-order valence-corrected chi connectivity index (χ4v) is 2.12. The fraction of sp³-hybridized carbons (Fsp3) is 0.875. The minimum atomic E-state index is -0.909. The van der Waals surface area contributed by atoms with Crippen LogP contribution in [0.25, 0.3) is 0 Å². The summed E-state index contributed by atoms with van der Waals surface area (Å²) >= 11 is 4.98. The highest BCUT2D eigenvalue weighted by atomic mass is 79.9. The second kappa shape index (κ2) is 8.84. The van der Waals surface area contributed by atoms with Crippen molar-refractivity contribution >= 4 is 33.7 Å². The van der Waals surface area contributed by atoms with Gasteiger partial charge in [0, 0.05) is 11.1 Å². The van der Waals surface area contributed by atoms with Crippen molar-refractivity contribution in [2.45, 2.75) is 25.3 Å². The molecule has 3 N–H and O–H groups in total. The molecule has 0 spiro atoms. The van der Waals surface area contributed by atoms with Crippen molar-refractivity contribution in [2.75, 3.05) is 16.8 Å². The van der Waals surface area contributed by atoms with Crippen LogP contribution in [0.4, 0.5) is 0 Å². The molecule has 0 aromatic carbocycles. The monoisotopic (exact) mass is 269 g/mol. The summed E-state index contributed by atoms with van der Waals surface area (Å²) in [5.74, 6) is 0.616. The van der Waals surface area contributed by atoms with Crippen molar-refractivity contribution in [1.82, 2.24) is 0 Å². The largest absolute Gasteiger partial charge is 0.480 e. The number of aliphatic carboxylic acids is 1.